The molecule has 0 bridgehead atoms. The quantitative estimate of drug-likeness (QED) is 0.503. The zero-order chi connectivity index (χ0) is 6.69. The normalized spacial score (nSPS) is 25.9. The average Bonchev–Trinajstić information content (AvgIpc) is 1.90. The Morgan fingerprint density at radius 3 is 2.33 bits per heavy atom. The zero-order valence-corrected chi connectivity index (χ0v) is 6.62. The lowest BCUT2D eigenvalue weighted by molar-refractivity contribution is 0.0773. The molecule has 0 aliphatic carbocycles. The van der Waals surface area contributed by atoms with Crippen LogP contribution in [0, 0.1) is 0 Å². The van der Waals surface area contributed by atoms with Crippen LogP contribution < -0.4 is 0 Å². The third kappa shape index (κ3) is 2.08. The summed E-state index contributed by atoms with van der Waals surface area (Å²) in [6.45, 7) is 3.88. The average molecular weight is 147 g/mol. The van der Waals surface area contributed by atoms with Gasteiger partial charge in [0.2, 0.25) is 0 Å². The summed E-state index contributed by atoms with van der Waals surface area (Å²) in [5.74, 6) is 3.96. The van der Waals surface area contributed by atoms with Crippen LogP contribution in [0.25, 0.3) is 0 Å². The van der Waals surface area contributed by atoms with Crippen LogP contribution in [-0.2, 0) is 4.74 Å². The van der Waals surface area contributed by atoms with Crippen LogP contribution in [0.15, 0.2) is 0 Å². The van der Waals surface area contributed by atoms with Crippen LogP contribution in [0.5, 0.6) is 0 Å². The monoisotopic (exact) mass is 147 g/mol. The Morgan fingerprint density at radius 1 is 1.44 bits per heavy atom. The molecule has 1 atom stereocenters. The Hall–Kier alpha value is 0.140. The van der Waals surface area contributed by atoms with Gasteiger partial charge in [0, 0.05) is 13.1 Å². The summed E-state index contributed by atoms with van der Waals surface area (Å²) in [4.78, 5) is 0. The Morgan fingerprint density at radius 2 is 2.00 bits per heavy atom. The van der Waals surface area contributed by atoms with Crippen LogP contribution >= 0.6 is 10.7 Å². The van der Waals surface area contributed by atoms with Gasteiger partial charge in [-0.1, -0.05) is 5.87 Å². The number of ether oxygens (including phenoxy) is 1. The zero-order valence-electron chi connectivity index (χ0n) is 5.80. The molecule has 0 aromatic heterocycles. The number of hydrogen-bond acceptors (Lipinski definition) is 2. The van der Waals surface area contributed by atoms with E-state index in [1.54, 1.807) is 0 Å². The van der Waals surface area contributed by atoms with Crippen molar-refractivity contribution in [2.24, 2.45) is 0 Å². The van der Waals surface area contributed by atoms with Gasteiger partial charge < -0.3 is 4.74 Å². The van der Waals surface area contributed by atoms with Gasteiger partial charge in [-0.25, -0.2) is 0 Å². The van der Waals surface area contributed by atoms with Crippen LogP contribution in [0.1, 0.15) is 0 Å². The highest BCUT2D eigenvalue weighted by atomic mass is 32.2. The van der Waals surface area contributed by atoms with Crippen LogP contribution in [0.2, 0.25) is 0 Å². The second-order valence-corrected chi connectivity index (χ2v) is 3.86. The van der Waals surface area contributed by atoms with Crippen molar-refractivity contribution in [3.8, 4) is 0 Å². The maximum Gasteiger partial charge on any atom is 0.0603 e. The molecule has 2 nitrogen and oxygen atoms in total. The molecule has 1 aliphatic rings. The first-order chi connectivity index (χ1) is 4.30. The molecule has 1 heterocycles. The first kappa shape index (κ1) is 7.25. The SMILES string of the molecule is C=S(C)N1CCOCC1. The van der Waals surface area contributed by atoms with Crippen molar-refractivity contribution in [3.05, 3.63) is 0 Å². The van der Waals surface area contributed by atoms with Crippen molar-refractivity contribution in [2.45, 2.75) is 0 Å². The van der Waals surface area contributed by atoms with E-state index in [2.05, 4.69) is 16.4 Å². The van der Waals surface area contributed by atoms with Crippen LogP contribution in [0.3, 0.4) is 0 Å². The first-order valence-corrected chi connectivity index (χ1v) is 4.85. The van der Waals surface area contributed by atoms with E-state index in [1.165, 1.54) is 0 Å². The second kappa shape index (κ2) is 3.34. The molecular formula is C6H13NOS. The lowest BCUT2D eigenvalue weighted by atomic mass is 10.5. The van der Waals surface area contributed by atoms with Crippen molar-refractivity contribution in [1.29, 1.82) is 0 Å². The number of morpholine rings is 1. The molecule has 1 rings (SSSR count). The minimum absolute atomic E-state index is 0.201. The molecule has 0 spiro atoms. The Bertz CT molecular complexity index is 110. The highest BCUT2D eigenvalue weighted by Gasteiger charge is 2.08. The standard InChI is InChI=1S/C6H13NOS/c1-9(2)7-3-5-8-6-4-7/h1,3-6H2,2H3. The molecule has 0 amide bonds. The highest BCUT2D eigenvalue weighted by Crippen LogP contribution is 2.12. The molecular weight excluding hydrogens is 134 g/mol. The van der Waals surface area contributed by atoms with E-state index in [1.807, 2.05) is 0 Å². The van der Waals surface area contributed by atoms with Gasteiger partial charge in [-0.3, -0.25) is 4.31 Å². The van der Waals surface area contributed by atoms with Gasteiger partial charge in [0.25, 0.3) is 0 Å². The second-order valence-electron chi connectivity index (χ2n) is 2.14. The molecule has 3 heteroatoms. The number of nitrogens with zero attached hydrogens (tertiary/aromatic N) is 1. The molecule has 0 radical (unpaired) electrons. The minimum atomic E-state index is 0.201. The Balaban J connectivity index is 2.31. The van der Waals surface area contributed by atoms with E-state index in [9.17, 15) is 0 Å². The lowest BCUT2D eigenvalue weighted by Crippen LogP contribution is -2.31. The first-order valence-electron chi connectivity index (χ1n) is 3.09. The van der Waals surface area contributed by atoms with Crippen LogP contribution in [0.4, 0.5) is 0 Å². The summed E-state index contributed by atoms with van der Waals surface area (Å²) in [6.07, 6.45) is 2.14. The van der Waals surface area contributed by atoms with Gasteiger partial charge in [-0.2, -0.15) is 0 Å². The van der Waals surface area contributed by atoms with E-state index in [0.29, 0.717) is 0 Å². The summed E-state index contributed by atoms with van der Waals surface area (Å²) in [7, 11) is 0.201. The molecule has 1 aliphatic heterocycles. The van der Waals surface area contributed by atoms with Crippen molar-refractivity contribution in [2.75, 3.05) is 32.6 Å². The summed E-state index contributed by atoms with van der Waals surface area (Å²) >= 11 is 0. The van der Waals surface area contributed by atoms with Gasteiger partial charge in [0.15, 0.2) is 0 Å². The lowest BCUT2D eigenvalue weighted by Gasteiger charge is -2.26. The van der Waals surface area contributed by atoms with E-state index in [0.717, 1.165) is 26.3 Å². The maximum absolute atomic E-state index is 5.18. The maximum atomic E-state index is 5.18. The topological polar surface area (TPSA) is 12.5 Å². The fraction of sp³-hybridized carbons (Fsp3) is 0.833. The third-order valence-corrected chi connectivity index (χ3v) is 2.66. The fourth-order valence-electron chi connectivity index (χ4n) is 0.858. The minimum Gasteiger partial charge on any atom is -0.379 e. The van der Waals surface area contributed by atoms with Crippen molar-refractivity contribution >= 4 is 16.5 Å². The molecule has 1 saturated heterocycles. The molecule has 54 valence electrons. The van der Waals surface area contributed by atoms with Gasteiger partial charge in [-0.15, -0.1) is 10.7 Å². The predicted molar refractivity (Wildman–Crippen MR) is 43.0 cm³/mol. The summed E-state index contributed by atoms with van der Waals surface area (Å²) in [5, 5.41) is 0. The van der Waals surface area contributed by atoms with Gasteiger partial charge in [-0.05, 0) is 6.26 Å². The summed E-state index contributed by atoms with van der Waals surface area (Å²) in [6, 6.07) is 0. The van der Waals surface area contributed by atoms with Crippen molar-refractivity contribution in [3.63, 3.8) is 0 Å². The number of rotatable bonds is 1. The van der Waals surface area contributed by atoms with Crippen molar-refractivity contribution < 1.29 is 4.74 Å². The van der Waals surface area contributed by atoms with E-state index in [4.69, 9.17) is 4.74 Å². The predicted octanol–water partition coefficient (Wildman–Crippen LogP) is 0.564. The van der Waals surface area contributed by atoms with Gasteiger partial charge in [0.05, 0.1) is 13.2 Å². The molecule has 0 aromatic rings. The highest BCUT2D eigenvalue weighted by molar-refractivity contribution is 8.11. The molecule has 0 N–H and O–H groups in total. The molecule has 0 aromatic carbocycles. The summed E-state index contributed by atoms with van der Waals surface area (Å²) in [5.41, 5.74) is 0. The van der Waals surface area contributed by atoms with E-state index >= 15 is 0 Å². The third-order valence-electron chi connectivity index (χ3n) is 1.41. The largest absolute Gasteiger partial charge is 0.379 e. The van der Waals surface area contributed by atoms with Gasteiger partial charge in [0.1, 0.15) is 0 Å². The molecule has 9 heavy (non-hydrogen) atoms. The van der Waals surface area contributed by atoms with E-state index < -0.39 is 0 Å². The van der Waals surface area contributed by atoms with Crippen molar-refractivity contribution in [1.82, 2.24) is 4.31 Å². The molecule has 1 unspecified atom stereocenters. The Labute approximate surface area is 58.9 Å². The smallest absolute Gasteiger partial charge is 0.0603 e. The number of hydrogen-bond donors (Lipinski definition) is 0. The van der Waals surface area contributed by atoms with Crippen LogP contribution in [-0.4, -0.2) is 42.7 Å². The molecule has 1 fully saturated rings. The Kier molecular flexibility index (Phi) is 2.69. The molecule has 0 saturated carbocycles. The van der Waals surface area contributed by atoms with E-state index in [-0.39, 0.29) is 10.7 Å². The fourth-order valence-corrected chi connectivity index (χ4v) is 1.63. The van der Waals surface area contributed by atoms with Gasteiger partial charge >= 0.3 is 0 Å². The summed E-state index contributed by atoms with van der Waals surface area (Å²) < 4.78 is 7.54.